The second-order valence-electron chi connectivity index (χ2n) is 6.82. The second kappa shape index (κ2) is 9.07. The molecule has 2 aromatic carbocycles. The zero-order chi connectivity index (χ0) is 21.8. The Balaban J connectivity index is 1.52. The summed E-state index contributed by atoms with van der Waals surface area (Å²) in [5, 5.41) is 6.38. The van der Waals surface area contributed by atoms with Crippen molar-refractivity contribution >= 4 is 17.0 Å². The number of imidazole rings is 1. The first-order valence-electron chi connectivity index (χ1n) is 9.85. The predicted molar refractivity (Wildman–Crippen MR) is 112 cm³/mol. The number of rotatable bonds is 7. The van der Waals surface area contributed by atoms with E-state index in [9.17, 15) is 8.78 Å². The number of benzene rings is 2. The van der Waals surface area contributed by atoms with Crippen molar-refractivity contribution in [3.8, 4) is 17.2 Å². The molecule has 0 unspecified atom stereocenters. The van der Waals surface area contributed by atoms with Gasteiger partial charge in [0.05, 0.1) is 24.1 Å². The standard InChI is InChI=1S/C21H23F2N5O3/c1-3-24-21(26-11-19-27-14-6-4-5-7-15(14)28(19)2)25-10-13-8-17-18(30-12-29-17)9-16(13)31-20(22)23/h4-9,20H,3,10-12H2,1-2H3,(H2,24,25,26). The zero-order valence-corrected chi connectivity index (χ0v) is 17.2. The number of nitrogens with zero attached hydrogens (tertiary/aromatic N) is 3. The molecule has 0 saturated carbocycles. The van der Waals surface area contributed by atoms with E-state index in [-0.39, 0.29) is 19.1 Å². The van der Waals surface area contributed by atoms with Gasteiger partial charge in [-0.15, -0.1) is 0 Å². The van der Waals surface area contributed by atoms with Crippen LogP contribution in [0.1, 0.15) is 18.3 Å². The van der Waals surface area contributed by atoms with Gasteiger partial charge in [-0.25, -0.2) is 9.98 Å². The molecule has 0 radical (unpaired) electrons. The second-order valence-corrected chi connectivity index (χ2v) is 6.82. The topological polar surface area (TPSA) is 81.9 Å². The lowest BCUT2D eigenvalue weighted by Gasteiger charge is -2.13. The van der Waals surface area contributed by atoms with Gasteiger partial charge in [-0.2, -0.15) is 8.78 Å². The maximum absolute atomic E-state index is 12.8. The van der Waals surface area contributed by atoms with Crippen LogP contribution in [0, 0.1) is 0 Å². The number of alkyl halides is 2. The van der Waals surface area contributed by atoms with Crippen molar-refractivity contribution in [2.24, 2.45) is 12.0 Å². The fourth-order valence-electron chi connectivity index (χ4n) is 3.32. The Morgan fingerprint density at radius 2 is 2.00 bits per heavy atom. The van der Waals surface area contributed by atoms with Crippen LogP contribution in [-0.2, 0) is 20.1 Å². The first-order valence-corrected chi connectivity index (χ1v) is 9.85. The van der Waals surface area contributed by atoms with Gasteiger partial charge in [-0.1, -0.05) is 12.1 Å². The molecule has 0 spiro atoms. The number of aryl methyl sites for hydroxylation is 1. The smallest absolute Gasteiger partial charge is 0.387 e. The molecule has 3 aromatic rings. The highest BCUT2D eigenvalue weighted by Gasteiger charge is 2.20. The van der Waals surface area contributed by atoms with Gasteiger partial charge < -0.3 is 29.4 Å². The summed E-state index contributed by atoms with van der Waals surface area (Å²) in [5.74, 6) is 2.22. The van der Waals surface area contributed by atoms with Gasteiger partial charge in [0, 0.05) is 25.2 Å². The van der Waals surface area contributed by atoms with E-state index in [1.54, 1.807) is 6.07 Å². The summed E-state index contributed by atoms with van der Waals surface area (Å²) < 4.78 is 42.9. The van der Waals surface area contributed by atoms with E-state index in [1.807, 2.05) is 42.8 Å². The average molecular weight is 431 g/mol. The van der Waals surface area contributed by atoms with Gasteiger partial charge in [-0.05, 0) is 25.1 Å². The lowest BCUT2D eigenvalue weighted by Crippen LogP contribution is -2.37. The molecule has 164 valence electrons. The van der Waals surface area contributed by atoms with Crippen molar-refractivity contribution in [3.63, 3.8) is 0 Å². The summed E-state index contributed by atoms with van der Waals surface area (Å²) in [4.78, 5) is 9.14. The van der Waals surface area contributed by atoms with Crippen LogP contribution in [0.25, 0.3) is 11.0 Å². The van der Waals surface area contributed by atoms with E-state index in [0.717, 1.165) is 16.9 Å². The first-order chi connectivity index (χ1) is 15.0. The number of aliphatic imine (C=N–C) groups is 1. The fourth-order valence-corrected chi connectivity index (χ4v) is 3.32. The molecular weight excluding hydrogens is 408 g/mol. The van der Waals surface area contributed by atoms with E-state index >= 15 is 0 Å². The Kier molecular flexibility index (Phi) is 6.06. The minimum Gasteiger partial charge on any atom is -0.454 e. The number of halogens is 2. The van der Waals surface area contributed by atoms with Crippen molar-refractivity contribution in [1.29, 1.82) is 0 Å². The van der Waals surface area contributed by atoms with E-state index in [2.05, 4.69) is 25.3 Å². The van der Waals surface area contributed by atoms with Crippen LogP contribution < -0.4 is 24.8 Å². The van der Waals surface area contributed by atoms with Gasteiger partial charge in [0.2, 0.25) is 6.79 Å². The monoisotopic (exact) mass is 431 g/mol. The molecule has 0 fully saturated rings. The molecule has 1 aromatic heterocycles. The molecule has 0 amide bonds. The Morgan fingerprint density at radius 1 is 1.23 bits per heavy atom. The third kappa shape index (κ3) is 4.62. The average Bonchev–Trinajstić information content (AvgIpc) is 3.33. The minimum atomic E-state index is -2.95. The number of hydrogen-bond donors (Lipinski definition) is 2. The molecule has 2 heterocycles. The van der Waals surface area contributed by atoms with Gasteiger partial charge in [0.1, 0.15) is 11.6 Å². The summed E-state index contributed by atoms with van der Waals surface area (Å²) in [7, 11) is 1.96. The molecule has 8 nitrogen and oxygen atoms in total. The van der Waals surface area contributed by atoms with Gasteiger partial charge in [0.25, 0.3) is 0 Å². The third-order valence-corrected chi connectivity index (χ3v) is 4.82. The highest BCUT2D eigenvalue weighted by Crippen LogP contribution is 2.39. The van der Waals surface area contributed by atoms with Crippen LogP contribution in [0.5, 0.6) is 17.2 Å². The number of aromatic nitrogens is 2. The van der Waals surface area contributed by atoms with Crippen LogP contribution in [0.15, 0.2) is 41.4 Å². The SMILES string of the molecule is CCNC(=NCc1cc2c(cc1OC(F)F)OCO2)NCc1nc2ccccc2n1C. The number of hydrogen-bond acceptors (Lipinski definition) is 5. The van der Waals surface area contributed by atoms with E-state index < -0.39 is 6.61 Å². The zero-order valence-electron chi connectivity index (χ0n) is 17.2. The quantitative estimate of drug-likeness (QED) is 0.442. The van der Waals surface area contributed by atoms with E-state index in [4.69, 9.17) is 9.47 Å². The van der Waals surface area contributed by atoms with Crippen LogP contribution in [0.3, 0.4) is 0 Å². The summed E-state index contributed by atoms with van der Waals surface area (Å²) >= 11 is 0. The minimum absolute atomic E-state index is 0.00852. The van der Waals surface area contributed by atoms with Crippen LogP contribution in [0.2, 0.25) is 0 Å². The molecule has 31 heavy (non-hydrogen) atoms. The third-order valence-electron chi connectivity index (χ3n) is 4.82. The largest absolute Gasteiger partial charge is 0.454 e. The lowest BCUT2D eigenvalue weighted by molar-refractivity contribution is -0.0505. The highest BCUT2D eigenvalue weighted by atomic mass is 19.3. The molecule has 1 aliphatic heterocycles. The number of ether oxygens (including phenoxy) is 3. The summed E-state index contributed by atoms with van der Waals surface area (Å²) in [5.41, 5.74) is 2.41. The first kappa shape index (κ1) is 20.7. The predicted octanol–water partition coefficient (Wildman–Crippen LogP) is 3.16. The molecule has 4 rings (SSSR count). The normalized spacial score (nSPS) is 13.1. The highest BCUT2D eigenvalue weighted by molar-refractivity contribution is 5.80. The molecule has 0 saturated heterocycles. The summed E-state index contributed by atoms with van der Waals surface area (Å²) in [6.07, 6.45) is 0. The summed E-state index contributed by atoms with van der Waals surface area (Å²) in [6, 6.07) is 10.9. The molecular formula is C21H23F2N5O3. The molecule has 1 aliphatic rings. The van der Waals surface area contributed by atoms with Crippen LogP contribution >= 0.6 is 0 Å². The van der Waals surface area contributed by atoms with E-state index in [0.29, 0.717) is 36.1 Å². The lowest BCUT2D eigenvalue weighted by atomic mass is 10.1. The van der Waals surface area contributed by atoms with E-state index in [1.165, 1.54) is 6.07 Å². The fraction of sp³-hybridized carbons (Fsp3) is 0.333. The number of guanidine groups is 1. The maximum atomic E-state index is 12.8. The maximum Gasteiger partial charge on any atom is 0.387 e. The molecule has 10 heteroatoms. The molecule has 0 bridgehead atoms. The Bertz CT molecular complexity index is 1100. The van der Waals surface area contributed by atoms with Crippen molar-refractivity contribution in [2.75, 3.05) is 13.3 Å². The van der Waals surface area contributed by atoms with Crippen LogP contribution in [0.4, 0.5) is 8.78 Å². The number of fused-ring (bicyclic) bond motifs is 2. The molecule has 0 atom stereocenters. The van der Waals surface area contributed by atoms with Crippen molar-refractivity contribution < 1.29 is 23.0 Å². The molecule has 0 aliphatic carbocycles. The van der Waals surface area contributed by atoms with Crippen molar-refractivity contribution in [3.05, 3.63) is 47.8 Å². The number of para-hydroxylation sites is 2. The number of nitrogens with one attached hydrogen (secondary N) is 2. The molecule has 2 N–H and O–H groups in total. The van der Waals surface area contributed by atoms with Gasteiger partial charge >= 0.3 is 6.61 Å². The van der Waals surface area contributed by atoms with Crippen LogP contribution in [-0.4, -0.2) is 35.5 Å². The van der Waals surface area contributed by atoms with Crippen molar-refractivity contribution in [2.45, 2.75) is 26.6 Å². The van der Waals surface area contributed by atoms with Gasteiger partial charge in [0.15, 0.2) is 17.5 Å². The Labute approximate surface area is 177 Å². The Hall–Kier alpha value is -3.56. The van der Waals surface area contributed by atoms with Crippen molar-refractivity contribution in [1.82, 2.24) is 20.2 Å². The van der Waals surface area contributed by atoms with Gasteiger partial charge in [-0.3, -0.25) is 0 Å². The summed E-state index contributed by atoms with van der Waals surface area (Å²) in [6.45, 7) is 0.216. The Morgan fingerprint density at radius 3 is 2.74 bits per heavy atom.